The van der Waals surface area contributed by atoms with E-state index in [2.05, 4.69) is 10.1 Å². The molecule has 136 valence electrons. The molecule has 6 heteroatoms. The van der Waals surface area contributed by atoms with Crippen LogP contribution in [0.25, 0.3) is 33.2 Å². The molecule has 2 heterocycles. The minimum Gasteiger partial charge on any atom is -0.491 e. The van der Waals surface area contributed by atoms with Crippen LogP contribution in [-0.4, -0.2) is 30.5 Å². The molecule has 0 fully saturated rings. The Bertz CT molecular complexity index is 1170. The Morgan fingerprint density at radius 1 is 1.04 bits per heavy atom. The van der Waals surface area contributed by atoms with Crippen molar-refractivity contribution in [2.75, 3.05) is 20.3 Å². The molecule has 0 amide bonds. The van der Waals surface area contributed by atoms with Crippen LogP contribution < -0.4 is 10.1 Å². The monoisotopic (exact) mass is 362 g/mol. The predicted molar refractivity (Wildman–Crippen MR) is 102 cm³/mol. The fraction of sp³-hybridized carbons (Fsp3) is 0.143. The van der Waals surface area contributed by atoms with Crippen molar-refractivity contribution in [2.24, 2.45) is 5.16 Å². The van der Waals surface area contributed by atoms with Gasteiger partial charge < -0.3 is 19.1 Å². The van der Waals surface area contributed by atoms with Gasteiger partial charge in [0.2, 0.25) is 0 Å². The smallest absolute Gasteiger partial charge is 0.155 e. The van der Waals surface area contributed by atoms with Gasteiger partial charge in [-0.05, 0) is 29.7 Å². The molecule has 0 atom stereocenters. The van der Waals surface area contributed by atoms with Crippen LogP contribution in [0.15, 0.2) is 70.4 Å². The lowest BCUT2D eigenvalue weighted by molar-refractivity contribution is 0.146. The SMILES string of the molecule is COCCOc1ccc2oc(-c3cc4ccccc4cn3)c/c(=N/O)c2c1. The number of hydrogen-bond acceptors (Lipinski definition) is 6. The van der Waals surface area contributed by atoms with E-state index < -0.39 is 0 Å². The van der Waals surface area contributed by atoms with Gasteiger partial charge in [0.15, 0.2) is 5.76 Å². The molecule has 4 aromatic rings. The van der Waals surface area contributed by atoms with Crippen LogP contribution in [0.2, 0.25) is 0 Å². The van der Waals surface area contributed by atoms with Gasteiger partial charge in [0.25, 0.3) is 0 Å². The molecule has 1 N–H and O–H groups in total. The highest BCUT2D eigenvalue weighted by molar-refractivity contribution is 5.85. The molecule has 27 heavy (non-hydrogen) atoms. The Hall–Kier alpha value is -3.38. The van der Waals surface area contributed by atoms with Gasteiger partial charge in [0.1, 0.15) is 29.0 Å². The van der Waals surface area contributed by atoms with E-state index in [-0.39, 0.29) is 0 Å². The summed E-state index contributed by atoms with van der Waals surface area (Å²) in [6.45, 7) is 0.927. The second kappa shape index (κ2) is 7.47. The topological polar surface area (TPSA) is 77.1 Å². The van der Waals surface area contributed by atoms with Crippen molar-refractivity contribution in [2.45, 2.75) is 0 Å². The number of ether oxygens (including phenoxy) is 2. The van der Waals surface area contributed by atoms with E-state index in [4.69, 9.17) is 13.9 Å². The van der Waals surface area contributed by atoms with Crippen LogP contribution >= 0.6 is 0 Å². The van der Waals surface area contributed by atoms with Gasteiger partial charge in [-0.25, -0.2) is 0 Å². The zero-order chi connectivity index (χ0) is 18.6. The van der Waals surface area contributed by atoms with Gasteiger partial charge in [-0.2, -0.15) is 0 Å². The Morgan fingerprint density at radius 2 is 1.89 bits per heavy atom. The Balaban J connectivity index is 1.79. The lowest BCUT2D eigenvalue weighted by Gasteiger charge is -2.08. The molecule has 0 aliphatic heterocycles. The van der Waals surface area contributed by atoms with Crippen molar-refractivity contribution in [3.63, 3.8) is 0 Å². The maximum atomic E-state index is 9.49. The number of rotatable bonds is 5. The third kappa shape index (κ3) is 3.47. The summed E-state index contributed by atoms with van der Waals surface area (Å²) >= 11 is 0. The Morgan fingerprint density at radius 3 is 2.70 bits per heavy atom. The van der Waals surface area contributed by atoms with Gasteiger partial charge in [-0.1, -0.05) is 29.4 Å². The highest BCUT2D eigenvalue weighted by Gasteiger charge is 2.09. The van der Waals surface area contributed by atoms with E-state index in [0.717, 1.165) is 10.8 Å². The average molecular weight is 362 g/mol. The zero-order valence-electron chi connectivity index (χ0n) is 14.8. The highest BCUT2D eigenvalue weighted by atomic mass is 16.5. The zero-order valence-corrected chi connectivity index (χ0v) is 14.8. The quantitative estimate of drug-likeness (QED) is 0.330. The third-order valence-corrected chi connectivity index (χ3v) is 4.26. The second-order valence-corrected chi connectivity index (χ2v) is 6.01. The molecule has 0 spiro atoms. The van der Waals surface area contributed by atoms with E-state index >= 15 is 0 Å². The van der Waals surface area contributed by atoms with E-state index in [0.29, 0.717) is 46.7 Å². The third-order valence-electron chi connectivity index (χ3n) is 4.26. The summed E-state index contributed by atoms with van der Waals surface area (Å²) in [5.41, 5.74) is 1.25. The first-order valence-corrected chi connectivity index (χ1v) is 8.51. The minimum absolute atomic E-state index is 0.387. The fourth-order valence-electron chi connectivity index (χ4n) is 2.91. The summed E-state index contributed by atoms with van der Waals surface area (Å²) in [4.78, 5) is 4.47. The summed E-state index contributed by atoms with van der Waals surface area (Å²) in [6, 6.07) is 17.0. The van der Waals surface area contributed by atoms with Crippen LogP contribution in [0.5, 0.6) is 5.75 Å². The number of benzene rings is 2. The fourth-order valence-corrected chi connectivity index (χ4v) is 2.91. The summed E-state index contributed by atoms with van der Waals surface area (Å²) in [7, 11) is 1.62. The van der Waals surface area contributed by atoms with E-state index in [9.17, 15) is 5.21 Å². The number of nitrogens with zero attached hydrogens (tertiary/aromatic N) is 2. The molecular formula is C21H18N2O4. The van der Waals surface area contributed by atoms with Crippen molar-refractivity contribution in [1.82, 2.24) is 4.98 Å². The first kappa shape index (κ1) is 17.1. The molecule has 0 aliphatic rings. The minimum atomic E-state index is 0.387. The van der Waals surface area contributed by atoms with Crippen LogP contribution in [0.1, 0.15) is 0 Å². The number of methoxy groups -OCH3 is 1. The molecule has 2 aromatic heterocycles. The summed E-state index contributed by atoms with van der Waals surface area (Å²) < 4.78 is 16.6. The van der Waals surface area contributed by atoms with E-state index in [1.54, 1.807) is 37.6 Å². The number of aromatic nitrogens is 1. The second-order valence-electron chi connectivity index (χ2n) is 6.01. The summed E-state index contributed by atoms with van der Waals surface area (Å²) in [5, 5.41) is 16.0. The molecule has 6 nitrogen and oxygen atoms in total. The van der Waals surface area contributed by atoms with Crippen LogP contribution in [0.4, 0.5) is 0 Å². The molecule has 0 aliphatic carbocycles. The molecule has 2 aromatic carbocycles. The standard InChI is InChI=1S/C21H18N2O4/c1-25-8-9-26-16-6-7-20-17(11-16)18(23-24)12-21(27-20)19-10-14-4-2-3-5-15(14)13-22-19/h2-7,10-13,24H,8-9H2,1H3/b23-18-. The largest absolute Gasteiger partial charge is 0.491 e. The first-order chi connectivity index (χ1) is 13.3. The van der Waals surface area contributed by atoms with Crippen LogP contribution in [0, 0.1) is 0 Å². The Labute approximate surface area is 155 Å². The van der Waals surface area contributed by atoms with Crippen LogP contribution in [-0.2, 0) is 4.74 Å². The molecule has 0 unspecified atom stereocenters. The number of fused-ring (bicyclic) bond motifs is 2. The highest BCUT2D eigenvalue weighted by Crippen LogP contribution is 2.25. The lowest BCUT2D eigenvalue weighted by Crippen LogP contribution is -2.06. The summed E-state index contributed by atoms with van der Waals surface area (Å²) in [5.74, 6) is 1.17. The van der Waals surface area contributed by atoms with Crippen molar-refractivity contribution >= 4 is 21.7 Å². The molecule has 0 saturated carbocycles. The van der Waals surface area contributed by atoms with Gasteiger partial charge in [-0.3, -0.25) is 4.98 Å². The first-order valence-electron chi connectivity index (χ1n) is 8.51. The van der Waals surface area contributed by atoms with Crippen molar-refractivity contribution in [3.05, 3.63) is 66.2 Å². The normalized spacial score (nSPS) is 12.0. The average Bonchev–Trinajstić information content (AvgIpc) is 2.72. The Kier molecular flexibility index (Phi) is 4.72. The molecule has 4 rings (SSSR count). The summed E-state index contributed by atoms with van der Waals surface area (Å²) in [6.07, 6.45) is 1.80. The van der Waals surface area contributed by atoms with Crippen molar-refractivity contribution in [1.29, 1.82) is 0 Å². The molecule has 0 radical (unpaired) electrons. The van der Waals surface area contributed by atoms with Gasteiger partial charge in [-0.15, -0.1) is 0 Å². The predicted octanol–water partition coefficient (Wildman–Crippen LogP) is 3.96. The molecular weight excluding hydrogens is 344 g/mol. The molecule has 0 bridgehead atoms. The van der Waals surface area contributed by atoms with Gasteiger partial charge in [0, 0.05) is 24.8 Å². The van der Waals surface area contributed by atoms with Crippen LogP contribution in [0.3, 0.4) is 0 Å². The van der Waals surface area contributed by atoms with Crippen molar-refractivity contribution < 1.29 is 19.1 Å². The molecule has 0 saturated heterocycles. The van der Waals surface area contributed by atoms with Gasteiger partial charge >= 0.3 is 0 Å². The van der Waals surface area contributed by atoms with Gasteiger partial charge in [0.05, 0.1) is 12.0 Å². The maximum absolute atomic E-state index is 9.49. The number of hydrogen-bond donors (Lipinski definition) is 1. The maximum Gasteiger partial charge on any atom is 0.155 e. The lowest BCUT2D eigenvalue weighted by atomic mass is 10.1. The van der Waals surface area contributed by atoms with E-state index in [1.807, 2.05) is 30.3 Å². The van der Waals surface area contributed by atoms with Crippen molar-refractivity contribution in [3.8, 4) is 17.2 Å². The number of pyridine rings is 1. The van der Waals surface area contributed by atoms with E-state index in [1.165, 1.54) is 0 Å².